The summed E-state index contributed by atoms with van der Waals surface area (Å²) < 4.78 is 17.7. The smallest absolute Gasteiger partial charge is 0.323 e. The van der Waals surface area contributed by atoms with Crippen LogP contribution < -0.4 is 20.1 Å². The number of aliphatic hydroxyl groups excluding tert-OH is 1. The summed E-state index contributed by atoms with van der Waals surface area (Å²) in [5.74, 6) is 2.49. The summed E-state index contributed by atoms with van der Waals surface area (Å²) in [7, 11) is 2.04. The predicted molar refractivity (Wildman–Crippen MR) is 180 cm³/mol. The van der Waals surface area contributed by atoms with Gasteiger partial charge in [-0.3, -0.25) is 9.69 Å². The van der Waals surface area contributed by atoms with Crippen LogP contribution in [0.25, 0.3) is 0 Å². The van der Waals surface area contributed by atoms with Crippen LogP contribution in [0.5, 0.6) is 17.2 Å². The van der Waals surface area contributed by atoms with E-state index < -0.39 is 6.03 Å². The first kappa shape index (κ1) is 33.5. The Morgan fingerprint density at radius 1 is 1.09 bits per heavy atom. The van der Waals surface area contributed by atoms with E-state index in [1.165, 1.54) is 0 Å². The molecule has 1 aromatic heterocycles. The summed E-state index contributed by atoms with van der Waals surface area (Å²) in [4.78, 5) is 30.3. The second-order valence-electron chi connectivity index (χ2n) is 12.2. The van der Waals surface area contributed by atoms with E-state index in [4.69, 9.17) is 14.0 Å². The van der Waals surface area contributed by atoms with Crippen molar-refractivity contribution in [3.8, 4) is 17.2 Å². The minimum absolute atomic E-state index is 0.0402. The quantitative estimate of drug-likeness (QED) is 0.192. The Hall–Kier alpha value is -4.87. The summed E-state index contributed by atoms with van der Waals surface area (Å²) in [6.07, 6.45) is -0.201. The molecule has 0 radical (unpaired) electrons. The van der Waals surface area contributed by atoms with Crippen LogP contribution in [0.1, 0.15) is 36.4 Å². The van der Waals surface area contributed by atoms with Gasteiger partial charge in [0.25, 0.3) is 0 Å². The van der Waals surface area contributed by atoms with Gasteiger partial charge in [-0.05, 0) is 75.8 Å². The minimum atomic E-state index is -0.460. The number of ether oxygens (including phenoxy) is 2. The minimum Gasteiger partial charge on any atom is -0.488 e. The number of fused-ring (bicyclic) bond motifs is 1. The number of amides is 3. The van der Waals surface area contributed by atoms with Gasteiger partial charge in [-0.15, -0.1) is 0 Å². The SMILES string of the molecule is Cc1noc(C)c1NC(=O)Nc1ccc2c(c1)CC(=O)N([C@@H](C)CO)C[C@H](C)[C@H](CN(C)Cc1ccc(Oc3ccccc3)cc1)O2. The molecule has 47 heavy (non-hydrogen) atoms. The summed E-state index contributed by atoms with van der Waals surface area (Å²) in [5.41, 5.74) is 3.36. The highest BCUT2D eigenvalue weighted by atomic mass is 16.5. The normalized spacial score (nSPS) is 17.2. The fourth-order valence-corrected chi connectivity index (χ4v) is 5.63. The number of aliphatic hydroxyl groups is 1. The molecule has 0 fully saturated rings. The largest absolute Gasteiger partial charge is 0.488 e. The number of benzene rings is 3. The number of nitrogens with one attached hydrogen (secondary N) is 2. The number of carbonyl (C=O) groups is 2. The summed E-state index contributed by atoms with van der Waals surface area (Å²) in [6.45, 7) is 8.94. The van der Waals surface area contributed by atoms with Gasteiger partial charge in [0, 0.05) is 36.8 Å². The Morgan fingerprint density at radius 2 is 1.81 bits per heavy atom. The highest BCUT2D eigenvalue weighted by Gasteiger charge is 2.31. The molecule has 3 aromatic carbocycles. The Labute approximate surface area is 275 Å². The maximum atomic E-state index is 13.6. The van der Waals surface area contributed by atoms with Crippen LogP contribution in [0.4, 0.5) is 16.2 Å². The lowest BCUT2D eigenvalue weighted by Gasteiger charge is -2.34. The second-order valence-corrected chi connectivity index (χ2v) is 12.2. The molecule has 0 bridgehead atoms. The third kappa shape index (κ3) is 8.69. The zero-order valence-corrected chi connectivity index (χ0v) is 27.5. The third-order valence-corrected chi connectivity index (χ3v) is 8.29. The Morgan fingerprint density at radius 3 is 2.49 bits per heavy atom. The van der Waals surface area contributed by atoms with Crippen molar-refractivity contribution in [2.75, 3.05) is 37.4 Å². The summed E-state index contributed by atoms with van der Waals surface area (Å²) in [6, 6.07) is 22.2. The zero-order chi connectivity index (χ0) is 33.5. The number of nitrogens with zero attached hydrogens (tertiary/aromatic N) is 3. The van der Waals surface area contributed by atoms with Crippen molar-refractivity contribution in [1.82, 2.24) is 15.0 Å². The number of aryl methyl sites for hydroxylation is 2. The van der Waals surface area contributed by atoms with Crippen molar-refractivity contribution >= 4 is 23.3 Å². The first-order chi connectivity index (χ1) is 22.6. The molecule has 0 saturated carbocycles. The fourth-order valence-electron chi connectivity index (χ4n) is 5.63. The van der Waals surface area contributed by atoms with Crippen LogP contribution in [0.15, 0.2) is 77.3 Å². The number of hydrogen-bond acceptors (Lipinski definition) is 8. The number of aromatic nitrogens is 1. The number of urea groups is 1. The topological polar surface area (TPSA) is 129 Å². The fraction of sp³-hybridized carbons (Fsp3) is 0.361. The molecule has 5 rings (SSSR count). The van der Waals surface area contributed by atoms with E-state index >= 15 is 0 Å². The van der Waals surface area contributed by atoms with E-state index in [1.54, 1.807) is 36.9 Å². The molecule has 1 aliphatic heterocycles. The van der Waals surface area contributed by atoms with E-state index in [0.717, 1.165) is 17.1 Å². The van der Waals surface area contributed by atoms with Crippen LogP contribution in [-0.4, -0.2) is 70.9 Å². The molecule has 2 heterocycles. The first-order valence-electron chi connectivity index (χ1n) is 15.8. The van der Waals surface area contributed by atoms with Crippen molar-refractivity contribution in [3.63, 3.8) is 0 Å². The monoisotopic (exact) mass is 641 g/mol. The predicted octanol–water partition coefficient (Wildman–Crippen LogP) is 6.01. The van der Waals surface area contributed by atoms with E-state index in [9.17, 15) is 14.7 Å². The van der Waals surface area contributed by atoms with Gasteiger partial charge >= 0.3 is 6.03 Å². The number of anilines is 2. The molecule has 0 unspecified atom stereocenters. The molecule has 0 saturated heterocycles. The molecule has 11 nitrogen and oxygen atoms in total. The average Bonchev–Trinajstić information content (AvgIpc) is 3.38. The van der Waals surface area contributed by atoms with Gasteiger partial charge in [0.15, 0.2) is 5.76 Å². The zero-order valence-electron chi connectivity index (χ0n) is 27.5. The van der Waals surface area contributed by atoms with Crippen molar-refractivity contribution in [1.29, 1.82) is 0 Å². The van der Waals surface area contributed by atoms with Gasteiger partial charge in [-0.1, -0.05) is 42.4 Å². The Balaban J connectivity index is 1.31. The maximum absolute atomic E-state index is 13.6. The first-order valence-corrected chi connectivity index (χ1v) is 15.8. The summed E-state index contributed by atoms with van der Waals surface area (Å²) in [5, 5.41) is 19.5. The molecule has 248 valence electrons. The van der Waals surface area contributed by atoms with Gasteiger partial charge in [0.1, 0.15) is 34.7 Å². The number of hydrogen-bond donors (Lipinski definition) is 3. The number of carbonyl (C=O) groups excluding carboxylic acids is 2. The molecule has 3 N–H and O–H groups in total. The molecular weight excluding hydrogens is 598 g/mol. The molecule has 0 spiro atoms. The van der Waals surface area contributed by atoms with Crippen molar-refractivity contribution < 1.29 is 28.7 Å². The van der Waals surface area contributed by atoms with E-state index in [1.807, 2.05) is 56.4 Å². The highest BCUT2D eigenvalue weighted by molar-refractivity contribution is 6.00. The molecule has 11 heteroatoms. The Bertz CT molecular complexity index is 1640. The van der Waals surface area contributed by atoms with Gasteiger partial charge in [-0.2, -0.15) is 0 Å². The van der Waals surface area contributed by atoms with Gasteiger partial charge in [0.2, 0.25) is 5.91 Å². The van der Waals surface area contributed by atoms with E-state index in [-0.39, 0.29) is 37.0 Å². The van der Waals surface area contributed by atoms with Gasteiger partial charge < -0.3 is 34.6 Å². The lowest BCUT2D eigenvalue weighted by molar-refractivity contribution is -0.134. The molecule has 4 aromatic rings. The number of para-hydroxylation sites is 1. The number of rotatable bonds is 10. The van der Waals surface area contributed by atoms with Crippen LogP contribution in [0.3, 0.4) is 0 Å². The molecular formula is C36H43N5O6. The molecule has 1 aliphatic rings. The standard InChI is InChI=1S/C36H43N5O6/c1-23-19-41(24(2)22-42)34(43)18-28-17-29(37-36(44)38-35-25(3)39-47-26(35)4)13-16-32(28)46-33(23)21-40(5)20-27-11-14-31(15-12-27)45-30-9-7-6-8-10-30/h6-17,23-24,33,42H,18-22H2,1-5H3,(H2,37,38,44)/t23-,24-,33-/m0/s1. The van der Waals surface area contributed by atoms with Gasteiger partial charge in [0.05, 0.1) is 19.1 Å². The second kappa shape index (κ2) is 15.1. The maximum Gasteiger partial charge on any atom is 0.323 e. The Kier molecular flexibility index (Phi) is 10.8. The third-order valence-electron chi connectivity index (χ3n) is 8.29. The van der Waals surface area contributed by atoms with Crippen LogP contribution >= 0.6 is 0 Å². The van der Waals surface area contributed by atoms with Crippen LogP contribution in [0.2, 0.25) is 0 Å². The van der Waals surface area contributed by atoms with Crippen LogP contribution in [-0.2, 0) is 17.8 Å². The van der Waals surface area contributed by atoms with Crippen molar-refractivity contribution in [2.24, 2.45) is 5.92 Å². The van der Waals surface area contributed by atoms with Crippen LogP contribution in [0, 0.1) is 19.8 Å². The number of likely N-dealkylation sites (N-methyl/N-ethyl adjacent to an activating group) is 1. The molecule has 0 aliphatic carbocycles. The average molecular weight is 642 g/mol. The molecule has 3 atom stereocenters. The van der Waals surface area contributed by atoms with Crippen molar-refractivity contribution in [3.05, 3.63) is 95.4 Å². The van der Waals surface area contributed by atoms with E-state index in [2.05, 4.69) is 39.7 Å². The lowest BCUT2D eigenvalue weighted by Crippen LogP contribution is -2.47. The lowest BCUT2D eigenvalue weighted by atomic mass is 10.0. The molecule has 3 amide bonds. The highest BCUT2D eigenvalue weighted by Crippen LogP contribution is 2.30. The summed E-state index contributed by atoms with van der Waals surface area (Å²) >= 11 is 0. The van der Waals surface area contributed by atoms with E-state index in [0.29, 0.717) is 53.8 Å². The van der Waals surface area contributed by atoms with Gasteiger partial charge in [-0.25, -0.2) is 4.79 Å². The van der Waals surface area contributed by atoms with Crippen molar-refractivity contribution in [2.45, 2.75) is 52.8 Å².